The van der Waals surface area contributed by atoms with Gasteiger partial charge in [0.15, 0.2) is 0 Å². The number of rotatable bonds is 2. The Kier molecular flexibility index (Phi) is 3.16. The molecule has 0 atom stereocenters. The molecular formula is C17H20N2. The van der Waals surface area contributed by atoms with Gasteiger partial charge in [-0.2, -0.15) is 0 Å². The largest absolute Gasteiger partial charge is 0.386 e. The van der Waals surface area contributed by atoms with Crippen LogP contribution in [0.5, 0.6) is 0 Å². The fraction of sp³-hybridized carbons (Fsp3) is 0.294. The van der Waals surface area contributed by atoms with Crippen LogP contribution in [0.2, 0.25) is 0 Å². The number of hydrogen-bond donors (Lipinski definition) is 1. The first-order chi connectivity index (χ1) is 9.28. The van der Waals surface area contributed by atoms with Crippen LogP contribution in [0.1, 0.15) is 16.7 Å². The van der Waals surface area contributed by atoms with Crippen molar-refractivity contribution < 1.29 is 0 Å². The van der Waals surface area contributed by atoms with Gasteiger partial charge in [0.2, 0.25) is 0 Å². The quantitative estimate of drug-likeness (QED) is 0.878. The zero-order valence-corrected chi connectivity index (χ0v) is 11.6. The van der Waals surface area contributed by atoms with E-state index in [0.717, 1.165) is 19.5 Å². The highest BCUT2D eigenvalue weighted by molar-refractivity contribution is 5.71. The van der Waals surface area contributed by atoms with Crippen molar-refractivity contribution in [1.82, 2.24) is 0 Å². The van der Waals surface area contributed by atoms with Crippen LogP contribution in [0.4, 0.5) is 11.4 Å². The molecule has 0 spiro atoms. The lowest BCUT2D eigenvalue weighted by molar-refractivity contribution is 0.732. The van der Waals surface area contributed by atoms with E-state index >= 15 is 0 Å². The van der Waals surface area contributed by atoms with E-state index in [4.69, 9.17) is 0 Å². The van der Waals surface area contributed by atoms with Gasteiger partial charge in [-0.25, -0.2) is 0 Å². The van der Waals surface area contributed by atoms with Gasteiger partial charge in [-0.05, 0) is 42.2 Å². The Labute approximate surface area is 115 Å². The second-order valence-electron chi connectivity index (χ2n) is 5.21. The molecule has 0 saturated carbocycles. The second kappa shape index (κ2) is 4.96. The number of nitrogens with one attached hydrogen (secondary N) is 1. The van der Waals surface area contributed by atoms with Gasteiger partial charge >= 0.3 is 0 Å². The van der Waals surface area contributed by atoms with E-state index in [1.807, 2.05) is 7.05 Å². The van der Waals surface area contributed by atoms with Gasteiger partial charge in [0, 0.05) is 20.1 Å². The van der Waals surface area contributed by atoms with E-state index < -0.39 is 0 Å². The van der Waals surface area contributed by atoms with Gasteiger partial charge in [0.1, 0.15) is 0 Å². The Morgan fingerprint density at radius 3 is 2.63 bits per heavy atom. The Balaban J connectivity index is 1.93. The molecule has 0 saturated heterocycles. The molecule has 3 rings (SSSR count). The molecule has 19 heavy (non-hydrogen) atoms. The van der Waals surface area contributed by atoms with Crippen LogP contribution in [0.3, 0.4) is 0 Å². The predicted octanol–water partition coefficient (Wildman–Crippen LogP) is 3.60. The van der Waals surface area contributed by atoms with Crippen molar-refractivity contribution >= 4 is 11.4 Å². The Hall–Kier alpha value is -1.96. The molecule has 0 radical (unpaired) electrons. The van der Waals surface area contributed by atoms with E-state index in [1.165, 1.54) is 28.1 Å². The number of nitrogens with zero attached hydrogens (tertiary/aromatic N) is 1. The van der Waals surface area contributed by atoms with Crippen molar-refractivity contribution in [3.8, 4) is 0 Å². The summed E-state index contributed by atoms with van der Waals surface area (Å²) in [4.78, 5) is 2.47. The summed E-state index contributed by atoms with van der Waals surface area (Å²) in [5.74, 6) is 0. The molecule has 1 aliphatic heterocycles. The summed E-state index contributed by atoms with van der Waals surface area (Å²) in [6, 6.07) is 15.4. The molecule has 1 N–H and O–H groups in total. The maximum atomic E-state index is 3.32. The van der Waals surface area contributed by atoms with Gasteiger partial charge in [-0.15, -0.1) is 0 Å². The van der Waals surface area contributed by atoms with E-state index in [1.54, 1.807) is 0 Å². The average molecular weight is 252 g/mol. The number of hydrogen-bond acceptors (Lipinski definition) is 2. The summed E-state index contributed by atoms with van der Waals surface area (Å²) in [6.07, 6.45) is 1.13. The first-order valence-electron chi connectivity index (χ1n) is 6.88. The van der Waals surface area contributed by atoms with Crippen molar-refractivity contribution in [3.05, 3.63) is 59.2 Å². The lowest BCUT2D eigenvalue weighted by Crippen LogP contribution is -2.30. The summed E-state index contributed by atoms with van der Waals surface area (Å²) < 4.78 is 0. The Bertz CT molecular complexity index is 590. The summed E-state index contributed by atoms with van der Waals surface area (Å²) in [7, 11) is 2.00. The van der Waals surface area contributed by atoms with Crippen LogP contribution < -0.4 is 10.2 Å². The first-order valence-corrected chi connectivity index (χ1v) is 6.88. The molecule has 98 valence electrons. The van der Waals surface area contributed by atoms with Crippen LogP contribution in [0.15, 0.2) is 42.5 Å². The van der Waals surface area contributed by atoms with E-state index in [2.05, 4.69) is 59.6 Å². The minimum absolute atomic E-state index is 1.01. The SMILES string of the molecule is CNc1cc(C)ccc1N1CCc2ccccc2C1. The van der Waals surface area contributed by atoms with Crippen molar-refractivity contribution in [2.45, 2.75) is 19.9 Å². The molecule has 2 heteroatoms. The van der Waals surface area contributed by atoms with Gasteiger partial charge in [0.25, 0.3) is 0 Å². The molecule has 0 aromatic heterocycles. The van der Waals surface area contributed by atoms with Crippen molar-refractivity contribution in [3.63, 3.8) is 0 Å². The molecule has 2 nitrogen and oxygen atoms in total. The molecule has 1 aliphatic rings. The van der Waals surface area contributed by atoms with Crippen LogP contribution in [-0.4, -0.2) is 13.6 Å². The fourth-order valence-electron chi connectivity index (χ4n) is 2.83. The van der Waals surface area contributed by atoms with Crippen LogP contribution in [-0.2, 0) is 13.0 Å². The molecular weight excluding hydrogens is 232 g/mol. The molecule has 0 amide bonds. The lowest BCUT2D eigenvalue weighted by Gasteiger charge is -2.32. The maximum Gasteiger partial charge on any atom is 0.0605 e. The van der Waals surface area contributed by atoms with Crippen LogP contribution in [0, 0.1) is 6.92 Å². The summed E-state index contributed by atoms with van der Waals surface area (Å²) >= 11 is 0. The molecule has 0 fully saturated rings. The standard InChI is InChI=1S/C17H20N2/c1-13-7-8-17(16(11-13)18-2)19-10-9-14-5-3-4-6-15(14)12-19/h3-8,11,18H,9-10,12H2,1-2H3. The molecule has 1 heterocycles. The third kappa shape index (κ3) is 2.30. The maximum absolute atomic E-state index is 3.32. The highest BCUT2D eigenvalue weighted by Crippen LogP contribution is 2.31. The summed E-state index contributed by atoms with van der Waals surface area (Å²) in [6.45, 7) is 4.23. The number of aryl methyl sites for hydroxylation is 1. The zero-order valence-electron chi connectivity index (χ0n) is 11.6. The smallest absolute Gasteiger partial charge is 0.0605 e. The Morgan fingerprint density at radius 1 is 1.05 bits per heavy atom. The zero-order chi connectivity index (χ0) is 13.2. The number of fused-ring (bicyclic) bond motifs is 1. The van der Waals surface area contributed by atoms with Crippen molar-refractivity contribution in [2.75, 3.05) is 23.8 Å². The van der Waals surface area contributed by atoms with Crippen molar-refractivity contribution in [2.24, 2.45) is 0 Å². The molecule has 0 aliphatic carbocycles. The van der Waals surface area contributed by atoms with Gasteiger partial charge in [0.05, 0.1) is 11.4 Å². The number of anilines is 2. The topological polar surface area (TPSA) is 15.3 Å². The summed E-state index contributed by atoms with van der Waals surface area (Å²) in [5, 5.41) is 3.32. The number of benzene rings is 2. The molecule has 2 aromatic rings. The molecule has 0 bridgehead atoms. The highest BCUT2D eigenvalue weighted by atomic mass is 15.1. The third-order valence-corrected chi connectivity index (χ3v) is 3.89. The second-order valence-corrected chi connectivity index (χ2v) is 5.21. The van der Waals surface area contributed by atoms with E-state index in [0.29, 0.717) is 0 Å². The Morgan fingerprint density at radius 2 is 1.84 bits per heavy atom. The fourth-order valence-corrected chi connectivity index (χ4v) is 2.83. The van der Waals surface area contributed by atoms with Crippen LogP contribution in [0.25, 0.3) is 0 Å². The van der Waals surface area contributed by atoms with Gasteiger partial charge < -0.3 is 10.2 Å². The normalized spacial score (nSPS) is 14.1. The molecule has 0 unspecified atom stereocenters. The predicted molar refractivity (Wildman–Crippen MR) is 81.9 cm³/mol. The monoisotopic (exact) mass is 252 g/mol. The van der Waals surface area contributed by atoms with Crippen LogP contribution >= 0.6 is 0 Å². The first kappa shape index (κ1) is 12.1. The van der Waals surface area contributed by atoms with Crippen molar-refractivity contribution in [1.29, 1.82) is 0 Å². The highest BCUT2D eigenvalue weighted by Gasteiger charge is 2.17. The third-order valence-electron chi connectivity index (χ3n) is 3.89. The summed E-state index contributed by atoms with van der Waals surface area (Å²) in [5.41, 5.74) is 6.78. The average Bonchev–Trinajstić information content (AvgIpc) is 2.46. The van der Waals surface area contributed by atoms with E-state index in [-0.39, 0.29) is 0 Å². The lowest BCUT2D eigenvalue weighted by atomic mass is 9.99. The van der Waals surface area contributed by atoms with Gasteiger partial charge in [-0.1, -0.05) is 30.3 Å². The molecule has 2 aromatic carbocycles. The van der Waals surface area contributed by atoms with Gasteiger partial charge in [-0.3, -0.25) is 0 Å². The minimum atomic E-state index is 1.01. The minimum Gasteiger partial charge on any atom is -0.386 e. The van der Waals surface area contributed by atoms with E-state index in [9.17, 15) is 0 Å².